The van der Waals surface area contributed by atoms with Gasteiger partial charge in [0.15, 0.2) is 10.3 Å². The fourth-order valence-electron chi connectivity index (χ4n) is 2.68. The molecule has 0 atom stereocenters. The minimum Gasteiger partial charge on any atom is -0.278 e. The Balaban J connectivity index is 1.55. The third-order valence-electron chi connectivity index (χ3n) is 4.05. The van der Waals surface area contributed by atoms with Gasteiger partial charge in [0.1, 0.15) is 0 Å². The Morgan fingerprint density at radius 2 is 1.86 bits per heavy atom. The number of amidine groups is 1. The highest BCUT2D eigenvalue weighted by atomic mass is 35.5. The van der Waals surface area contributed by atoms with Crippen molar-refractivity contribution >= 4 is 68.6 Å². The number of carbonyl (C=O) groups excluding carboxylic acids is 1. The summed E-state index contributed by atoms with van der Waals surface area (Å²) in [6.07, 6.45) is 4.12. The lowest BCUT2D eigenvalue weighted by molar-refractivity contribution is -0.113. The Bertz CT molecular complexity index is 1090. The topological polar surface area (TPSA) is 57.1 Å². The van der Waals surface area contributed by atoms with Gasteiger partial charge in [-0.2, -0.15) is 0 Å². The third kappa shape index (κ3) is 4.00. The Kier molecular flexibility index (Phi) is 5.55. The average molecular weight is 446 g/mol. The molecule has 2 heterocycles. The van der Waals surface area contributed by atoms with E-state index in [1.54, 1.807) is 24.4 Å². The lowest BCUT2D eigenvalue weighted by Gasteiger charge is -2.09. The third-order valence-corrected chi connectivity index (χ3v) is 6.54. The van der Waals surface area contributed by atoms with Crippen molar-refractivity contribution in [1.29, 1.82) is 5.41 Å². The van der Waals surface area contributed by atoms with Gasteiger partial charge in [-0.25, -0.2) is 9.88 Å². The van der Waals surface area contributed by atoms with Crippen molar-refractivity contribution in [1.82, 2.24) is 4.98 Å². The summed E-state index contributed by atoms with van der Waals surface area (Å²) in [5.41, 5.74) is 1.85. The van der Waals surface area contributed by atoms with Crippen LogP contribution in [0.25, 0.3) is 6.08 Å². The predicted molar refractivity (Wildman–Crippen MR) is 119 cm³/mol. The van der Waals surface area contributed by atoms with Gasteiger partial charge in [0.2, 0.25) is 0 Å². The van der Waals surface area contributed by atoms with Crippen LogP contribution >= 0.6 is 46.3 Å². The maximum Gasteiger partial charge on any atom is 0.273 e. The van der Waals surface area contributed by atoms with E-state index in [2.05, 4.69) is 4.98 Å². The summed E-state index contributed by atoms with van der Waals surface area (Å²) in [5, 5.41) is 10.2. The van der Waals surface area contributed by atoms with Crippen molar-refractivity contribution in [3.8, 4) is 0 Å². The molecule has 1 amide bonds. The number of thiazole rings is 1. The van der Waals surface area contributed by atoms with Gasteiger partial charge < -0.3 is 0 Å². The molecule has 3 aromatic rings. The van der Waals surface area contributed by atoms with Gasteiger partial charge in [-0.3, -0.25) is 10.2 Å². The van der Waals surface area contributed by atoms with Gasteiger partial charge >= 0.3 is 0 Å². The molecular weight excluding hydrogens is 433 g/mol. The molecule has 1 aromatic heterocycles. The lowest BCUT2D eigenvalue weighted by Crippen LogP contribution is -2.27. The van der Waals surface area contributed by atoms with Crippen LogP contribution in [0.15, 0.2) is 59.6 Å². The molecule has 4 nitrogen and oxygen atoms in total. The first-order chi connectivity index (χ1) is 13.5. The highest BCUT2D eigenvalue weighted by Crippen LogP contribution is 2.37. The second-order valence-corrected chi connectivity index (χ2v) is 8.95. The normalized spacial score (nSPS) is 15.6. The SMILES string of the molecule is N=C1S/C(=C\c2ccc(Cl)cc2)C(=O)N1c1ncc(Cc2ccccc2Cl)s1. The zero-order valence-electron chi connectivity index (χ0n) is 14.4. The lowest BCUT2D eigenvalue weighted by atomic mass is 10.1. The Morgan fingerprint density at radius 1 is 1.11 bits per heavy atom. The molecule has 1 aliphatic heterocycles. The number of rotatable bonds is 4. The van der Waals surface area contributed by atoms with E-state index in [0.717, 1.165) is 27.8 Å². The largest absolute Gasteiger partial charge is 0.278 e. The number of anilines is 1. The van der Waals surface area contributed by atoms with Crippen LogP contribution in [0, 0.1) is 5.41 Å². The van der Waals surface area contributed by atoms with E-state index in [1.165, 1.54) is 16.2 Å². The Morgan fingerprint density at radius 3 is 2.61 bits per heavy atom. The van der Waals surface area contributed by atoms with Crippen LogP contribution in [0.4, 0.5) is 5.13 Å². The molecule has 1 saturated heterocycles. The smallest absolute Gasteiger partial charge is 0.273 e. The van der Waals surface area contributed by atoms with Crippen molar-refractivity contribution in [3.05, 3.63) is 85.7 Å². The number of thioether (sulfide) groups is 1. The van der Waals surface area contributed by atoms with Crippen LogP contribution in [0.1, 0.15) is 16.0 Å². The number of carbonyl (C=O) groups is 1. The number of hydrogen-bond donors (Lipinski definition) is 1. The Labute approximate surface area is 180 Å². The molecule has 2 aromatic carbocycles. The molecule has 0 radical (unpaired) electrons. The maximum atomic E-state index is 12.8. The van der Waals surface area contributed by atoms with Gasteiger partial charge in [-0.05, 0) is 47.2 Å². The summed E-state index contributed by atoms with van der Waals surface area (Å²) in [4.78, 5) is 20.0. The molecule has 140 valence electrons. The maximum absolute atomic E-state index is 12.8. The number of amides is 1. The fraction of sp³-hybridized carbons (Fsp3) is 0.0500. The molecule has 0 unspecified atom stereocenters. The van der Waals surface area contributed by atoms with E-state index in [4.69, 9.17) is 28.6 Å². The second kappa shape index (κ2) is 8.09. The van der Waals surface area contributed by atoms with Gasteiger partial charge in [-0.15, -0.1) is 11.3 Å². The minimum absolute atomic E-state index is 0.142. The molecular formula is C20H13Cl2N3OS2. The summed E-state index contributed by atoms with van der Waals surface area (Å²) in [6, 6.07) is 14.8. The molecule has 1 aliphatic rings. The average Bonchev–Trinajstić information content (AvgIpc) is 3.23. The predicted octanol–water partition coefficient (Wildman–Crippen LogP) is 6.10. The molecule has 0 spiro atoms. The number of nitrogens with zero attached hydrogens (tertiary/aromatic N) is 2. The second-order valence-electron chi connectivity index (χ2n) is 5.99. The monoisotopic (exact) mass is 445 g/mol. The standard InChI is InChI=1S/C20H13Cl2N3OS2/c21-14-7-5-12(6-8-14)9-17-18(26)25(19(23)28-17)20-24-11-15(27-20)10-13-3-1-2-4-16(13)22/h1-9,11,23H,10H2/b17-9-,23-19?. The quantitative estimate of drug-likeness (QED) is 0.493. The van der Waals surface area contributed by atoms with E-state index in [1.807, 2.05) is 36.4 Å². The molecule has 1 N–H and O–H groups in total. The first kappa shape index (κ1) is 19.2. The summed E-state index contributed by atoms with van der Waals surface area (Å²) in [5.74, 6) is -0.247. The summed E-state index contributed by atoms with van der Waals surface area (Å²) in [7, 11) is 0. The molecule has 1 fully saturated rings. The first-order valence-electron chi connectivity index (χ1n) is 8.27. The van der Waals surface area contributed by atoms with Gasteiger partial charge in [-0.1, -0.05) is 53.5 Å². The van der Waals surface area contributed by atoms with Crippen molar-refractivity contribution in [2.24, 2.45) is 0 Å². The number of hydrogen-bond acceptors (Lipinski definition) is 5. The van der Waals surface area contributed by atoms with E-state index >= 15 is 0 Å². The zero-order chi connectivity index (χ0) is 19.7. The fourth-order valence-corrected chi connectivity index (χ4v) is 4.85. The number of halogens is 2. The van der Waals surface area contributed by atoms with Crippen molar-refractivity contribution in [2.75, 3.05) is 4.90 Å². The zero-order valence-corrected chi connectivity index (χ0v) is 17.5. The highest BCUT2D eigenvalue weighted by Gasteiger charge is 2.35. The van der Waals surface area contributed by atoms with E-state index in [-0.39, 0.29) is 11.1 Å². The van der Waals surface area contributed by atoms with Crippen molar-refractivity contribution in [2.45, 2.75) is 6.42 Å². The molecule has 0 bridgehead atoms. The number of aromatic nitrogens is 1. The molecule has 0 saturated carbocycles. The minimum atomic E-state index is -0.247. The van der Waals surface area contributed by atoms with E-state index in [0.29, 0.717) is 26.5 Å². The highest BCUT2D eigenvalue weighted by molar-refractivity contribution is 8.19. The molecule has 0 aliphatic carbocycles. The number of nitrogens with one attached hydrogen (secondary N) is 1. The summed E-state index contributed by atoms with van der Waals surface area (Å²) < 4.78 is 0. The van der Waals surface area contributed by atoms with Crippen LogP contribution in [0.5, 0.6) is 0 Å². The van der Waals surface area contributed by atoms with Gasteiger partial charge in [0.05, 0.1) is 4.91 Å². The van der Waals surface area contributed by atoms with Crippen LogP contribution in [0.2, 0.25) is 10.0 Å². The molecule has 4 rings (SSSR count). The Hall–Kier alpha value is -2.12. The number of benzene rings is 2. The molecule has 8 heteroatoms. The van der Waals surface area contributed by atoms with Crippen molar-refractivity contribution in [3.63, 3.8) is 0 Å². The van der Waals surface area contributed by atoms with Crippen LogP contribution < -0.4 is 4.90 Å². The van der Waals surface area contributed by atoms with E-state index < -0.39 is 0 Å². The van der Waals surface area contributed by atoms with Crippen LogP contribution in [-0.4, -0.2) is 16.1 Å². The van der Waals surface area contributed by atoms with Gasteiger partial charge in [0.25, 0.3) is 5.91 Å². The van der Waals surface area contributed by atoms with Crippen LogP contribution in [0.3, 0.4) is 0 Å². The summed E-state index contributed by atoms with van der Waals surface area (Å²) in [6.45, 7) is 0. The van der Waals surface area contributed by atoms with E-state index in [9.17, 15) is 4.79 Å². The molecule has 28 heavy (non-hydrogen) atoms. The summed E-state index contributed by atoms with van der Waals surface area (Å²) >= 11 is 14.6. The van der Waals surface area contributed by atoms with Gasteiger partial charge in [0, 0.05) is 27.5 Å². The van der Waals surface area contributed by atoms with Crippen molar-refractivity contribution < 1.29 is 4.79 Å². The first-order valence-corrected chi connectivity index (χ1v) is 10.7. The van der Waals surface area contributed by atoms with Crippen LogP contribution in [-0.2, 0) is 11.2 Å².